The van der Waals surface area contributed by atoms with Crippen molar-refractivity contribution < 1.29 is 9.90 Å². The Bertz CT molecular complexity index is 610. The molecule has 0 fully saturated rings. The van der Waals surface area contributed by atoms with E-state index in [0.29, 0.717) is 11.0 Å². The van der Waals surface area contributed by atoms with Gasteiger partial charge in [-0.25, -0.2) is 4.98 Å². The molecule has 0 atom stereocenters. The van der Waals surface area contributed by atoms with Crippen LogP contribution in [0.4, 0.5) is 0 Å². The van der Waals surface area contributed by atoms with E-state index in [4.69, 9.17) is 0 Å². The van der Waals surface area contributed by atoms with Crippen molar-refractivity contribution in [3.05, 3.63) is 46.5 Å². The van der Waals surface area contributed by atoms with E-state index < -0.39 is 0 Å². The molecule has 5 nitrogen and oxygen atoms in total. The van der Waals surface area contributed by atoms with Gasteiger partial charge >= 0.3 is 0 Å². The number of nitrogens with one attached hydrogen (secondary N) is 1. The largest absolute Gasteiger partial charge is 0.506 e. The van der Waals surface area contributed by atoms with Crippen molar-refractivity contribution in [3.8, 4) is 5.75 Å². The van der Waals surface area contributed by atoms with E-state index in [1.165, 1.54) is 0 Å². The summed E-state index contributed by atoms with van der Waals surface area (Å²) in [6, 6.07) is 5.00. The molecule has 0 saturated carbocycles. The number of phenolic OH excluding ortho intramolecular Hbond substituents is 1. The molecule has 0 spiro atoms. The Hall–Kier alpha value is -1.82. The van der Waals surface area contributed by atoms with Gasteiger partial charge < -0.3 is 15.0 Å². The molecule has 1 amide bonds. The smallest absolute Gasteiger partial charge is 0.255 e. The maximum atomic E-state index is 11.9. The number of hydrogen-bond donors (Lipinski definition) is 2. The summed E-state index contributed by atoms with van der Waals surface area (Å²) in [5.74, 6) is 0.655. The second kappa shape index (κ2) is 6.56. The van der Waals surface area contributed by atoms with Gasteiger partial charge in [0.1, 0.15) is 11.6 Å². The van der Waals surface area contributed by atoms with Gasteiger partial charge in [-0.1, -0.05) is 6.07 Å². The Labute approximate surface area is 125 Å². The lowest BCUT2D eigenvalue weighted by Crippen LogP contribution is -2.25. The lowest BCUT2D eigenvalue weighted by Gasteiger charge is -2.08. The summed E-state index contributed by atoms with van der Waals surface area (Å²) >= 11 is 3.19. The van der Waals surface area contributed by atoms with E-state index in [-0.39, 0.29) is 17.2 Å². The summed E-state index contributed by atoms with van der Waals surface area (Å²) in [6.45, 7) is 3.29. The zero-order valence-corrected chi connectivity index (χ0v) is 12.7. The summed E-state index contributed by atoms with van der Waals surface area (Å²) in [6.07, 6.45) is 4.47. The molecule has 1 aromatic heterocycles. The number of carbonyl (C=O) groups is 1. The molecule has 0 bridgehead atoms. The number of rotatable bonds is 5. The Morgan fingerprint density at radius 3 is 3.00 bits per heavy atom. The predicted octanol–water partition coefficient (Wildman–Crippen LogP) is 2.48. The van der Waals surface area contributed by atoms with Crippen LogP contribution in [0.5, 0.6) is 5.75 Å². The number of aromatic hydroxyl groups is 1. The Morgan fingerprint density at radius 2 is 2.30 bits per heavy atom. The van der Waals surface area contributed by atoms with Crippen LogP contribution in [-0.4, -0.2) is 27.1 Å². The number of aromatic nitrogens is 2. The summed E-state index contributed by atoms with van der Waals surface area (Å²) < 4.78 is 2.54. The number of hydrogen-bond acceptors (Lipinski definition) is 3. The highest BCUT2D eigenvalue weighted by atomic mass is 79.9. The summed E-state index contributed by atoms with van der Waals surface area (Å²) in [7, 11) is 0. The third-order valence-electron chi connectivity index (χ3n) is 3.02. The fraction of sp³-hybridized carbons (Fsp3) is 0.286. The van der Waals surface area contributed by atoms with Gasteiger partial charge in [-0.05, 0) is 41.4 Å². The molecule has 106 valence electrons. The van der Waals surface area contributed by atoms with Crippen molar-refractivity contribution in [2.45, 2.75) is 19.9 Å². The van der Waals surface area contributed by atoms with Gasteiger partial charge in [-0.2, -0.15) is 0 Å². The van der Waals surface area contributed by atoms with Crippen molar-refractivity contribution in [2.24, 2.45) is 0 Å². The molecule has 1 aromatic carbocycles. The van der Waals surface area contributed by atoms with Crippen LogP contribution in [0.1, 0.15) is 22.6 Å². The monoisotopic (exact) mass is 337 g/mol. The second-order valence-corrected chi connectivity index (χ2v) is 5.27. The molecular weight excluding hydrogens is 322 g/mol. The van der Waals surface area contributed by atoms with Gasteiger partial charge in [-0.15, -0.1) is 0 Å². The fourth-order valence-electron chi connectivity index (χ4n) is 1.89. The molecule has 2 aromatic rings. The first-order chi connectivity index (χ1) is 9.59. The number of carbonyl (C=O) groups excluding carboxylic acids is 1. The number of benzene rings is 1. The van der Waals surface area contributed by atoms with E-state index in [1.54, 1.807) is 24.4 Å². The molecule has 0 aliphatic heterocycles. The maximum absolute atomic E-state index is 11.9. The standard InChI is InChI=1S/C14H16BrN3O2/c1-10-16-7-9-18(10)8-3-6-17-14(20)11-4-2-5-12(15)13(11)19/h2,4-5,7,9,19H,3,6,8H2,1H3,(H,17,20). The van der Waals surface area contributed by atoms with Gasteiger partial charge in [0.2, 0.25) is 0 Å². The van der Waals surface area contributed by atoms with Crippen molar-refractivity contribution in [1.29, 1.82) is 0 Å². The first kappa shape index (κ1) is 14.6. The summed E-state index contributed by atoms with van der Waals surface area (Å²) in [5, 5.41) is 12.6. The number of halogens is 1. The number of aryl methyl sites for hydroxylation is 2. The average molecular weight is 338 g/mol. The van der Waals surface area contributed by atoms with E-state index in [1.807, 2.05) is 17.7 Å². The molecule has 0 aliphatic carbocycles. The van der Waals surface area contributed by atoms with Gasteiger partial charge in [0.25, 0.3) is 5.91 Å². The Morgan fingerprint density at radius 1 is 1.50 bits per heavy atom. The molecule has 2 rings (SSSR count). The number of amides is 1. The third-order valence-corrected chi connectivity index (χ3v) is 3.66. The minimum Gasteiger partial charge on any atom is -0.506 e. The Kier molecular flexibility index (Phi) is 4.79. The zero-order chi connectivity index (χ0) is 14.5. The lowest BCUT2D eigenvalue weighted by molar-refractivity contribution is 0.0950. The summed E-state index contributed by atoms with van der Waals surface area (Å²) in [4.78, 5) is 16.1. The predicted molar refractivity (Wildman–Crippen MR) is 79.7 cm³/mol. The molecule has 0 aliphatic rings. The lowest BCUT2D eigenvalue weighted by atomic mass is 10.2. The second-order valence-electron chi connectivity index (χ2n) is 4.41. The molecule has 20 heavy (non-hydrogen) atoms. The van der Waals surface area contributed by atoms with Crippen LogP contribution in [0.2, 0.25) is 0 Å². The van der Waals surface area contributed by atoms with Crippen LogP contribution in [-0.2, 0) is 6.54 Å². The van der Waals surface area contributed by atoms with Gasteiger partial charge in [0.05, 0.1) is 10.0 Å². The fourth-order valence-corrected chi connectivity index (χ4v) is 2.25. The number of nitrogens with zero attached hydrogens (tertiary/aromatic N) is 2. The van der Waals surface area contributed by atoms with E-state index in [0.717, 1.165) is 18.8 Å². The Balaban J connectivity index is 1.84. The number of imidazole rings is 1. The van der Waals surface area contributed by atoms with Crippen LogP contribution in [0, 0.1) is 6.92 Å². The zero-order valence-electron chi connectivity index (χ0n) is 11.1. The number of para-hydroxylation sites is 1. The molecule has 0 unspecified atom stereocenters. The average Bonchev–Trinajstić information content (AvgIpc) is 2.83. The van der Waals surface area contributed by atoms with E-state index >= 15 is 0 Å². The minimum atomic E-state index is -0.272. The van der Waals surface area contributed by atoms with Crippen molar-refractivity contribution >= 4 is 21.8 Å². The van der Waals surface area contributed by atoms with Crippen LogP contribution >= 0.6 is 15.9 Å². The van der Waals surface area contributed by atoms with Crippen LogP contribution in [0.15, 0.2) is 35.1 Å². The molecular formula is C14H16BrN3O2. The highest BCUT2D eigenvalue weighted by Gasteiger charge is 2.12. The van der Waals surface area contributed by atoms with Crippen molar-refractivity contribution in [3.63, 3.8) is 0 Å². The number of phenols is 1. The molecule has 1 heterocycles. The highest BCUT2D eigenvalue weighted by molar-refractivity contribution is 9.10. The quantitative estimate of drug-likeness (QED) is 0.823. The van der Waals surface area contributed by atoms with Crippen LogP contribution in [0.3, 0.4) is 0 Å². The molecule has 6 heteroatoms. The maximum Gasteiger partial charge on any atom is 0.255 e. The van der Waals surface area contributed by atoms with Crippen LogP contribution in [0.25, 0.3) is 0 Å². The van der Waals surface area contributed by atoms with Crippen LogP contribution < -0.4 is 5.32 Å². The first-order valence-electron chi connectivity index (χ1n) is 6.33. The van der Waals surface area contributed by atoms with E-state index in [2.05, 4.69) is 26.2 Å². The van der Waals surface area contributed by atoms with Crippen molar-refractivity contribution in [2.75, 3.05) is 6.54 Å². The highest BCUT2D eigenvalue weighted by Crippen LogP contribution is 2.27. The minimum absolute atomic E-state index is 0.0320. The molecule has 0 radical (unpaired) electrons. The third kappa shape index (κ3) is 3.39. The normalized spacial score (nSPS) is 10.5. The topological polar surface area (TPSA) is 67.2 Å². The van der Waals surface area contributed by atoms with Crippen molar-refractivity contribution in [1.82, 2.24) is 14.9 Å². The van der Waals surface area contributed by atoms with Gasteiger partial charge in [-0.3, -0.25) is 4.79 Å². The van der Waals surface area contributed by atoms with E-state index in [9.17, 15) is 9.90 Å². The van der Waals surface area contributed by atoms with Gasteiger partial charge in [0.15, 0.2) is 0 Å². The van der Waals surface area contributed by atoms with Gasteiger partial charge in [0, 0.05) is 25.5 Å². The first-order valence-corrected chi connectivity index (χ1v) is 7.12. The molecule has 0 saturated heterocycles. The SMILES string of the molecule is Cc1nccn1CCCNC(=O)c1cccc(Br)c1O. The summed E-state index contributed by atoms with van der Waals surface area (Å²) in [5.41, 5.74) is 0.276. The molecule has 2 N–H and O–H groups in total.